The molecule has 0 fully saturated rings. The van der Waals surface area contributed by atoms with Crippen LogP contribution in [0.4, 0.5) is 10.5 Å². The molecule has 30 heavy (non-hydrogen) atoms. The first kappa shape index (κ1) is 23.0. The number of amides is 2. The van der Waals surface area contributed by atoms with Gasteiger partial charge in [-0.15, -0.1) is 0 Å². The summed E-state index contributed by atoms with van der Waals surface area (Å²) in [7, 11) is 1.69. The average molecular weight is 415 g/mol. The van der Waals surface area contributed by atoms with E-state index in [-0.39, 0.29) is 12.5 Å². The molecule has 2 aromatic rings. The number of nitrogens with zero attached hydrogens (tertiary/aromatic N) is 1. The largest absolute Gasteiger partial charge is 0.456 e. The number of benzene rings is 1. The summed E-state index contributed by atoms with van der Waals surface area (Å²) >= 11 is 0. The number of hydrogen-bond acceptors (Lipinski definition) is 5. The van der Waals surface area contributed by atoms with Gasteiger partial charge in [-0.2, -0.15) is 0 Å². The molecular weight excluding hydrogens is 386 g/mol. The molecule has 0 aliphatic rings. The predicted molar refractivity (Wildman–Crippen MR) is 113 cm³/mol. The van der Waals surface area contributed by atoms with Crippen LogP contribution in [0.25, 0.3) is 0 Å². The summed E-state index contributed by atoms with van der Waals surface area (Å²) in [4.78, 5) is 35.9. The van der Waals surface area contributed by atoms with Crippen molar-refractivity contribution in [2.75, 3.05) is 11.9 Å². The van der Waals surface area contributed by atoms with Gasteiger partial charge in [0.2, 0.25) is 5.91 Å². The number of hydrogen-bond donors (Lipinski definition) is 2. The third-order valence-electron chi connectivity index (χ3n) is 3.99. The maximum atomic E-state index is 12.4. The van der Waals surface area contributed by atoms with Gasteiger partial charge in [0.15, 0.2) is 0 Å². The van der Waals surface area contributed by atoms with Crippen LogP contribution in [0.15, 0.2) is 36.5 Å². The van der Waals surface area contributed by atoms with Crippen molar-refractivity contribution in [3.8, 4) is 0 Å². The van der Waals surface area contributed by atoms with Crippen molar-refractivity contribution < 1.29 is 23.9 Å². The van der Waals surface area contributed by atoms with Gasteiger partial charge in [-0.05, 0) is 44.9 Å². The van der Waals surface area contributed by atoms with Crippen molar-refractivity contribution in [2.24, 2.45) is 7.05 Å². The highest BCUT2D eigenvalue weighted by molar-refractivity contribution is 5.92. The van der Waals surface area contributed by atoms with E-state index in [1.165, 1.54) is 6.07 Å². The molecular formula is C22H29N3O5. The quantitative estimate of drug-likeness (QED) is 0.675. The number of aromatic nitrogens is 1. The molecule has 0 spiro atoms. The molecule has 8 nitrogen and oxygen atoms in total. The van der Waals surface area contributed by atoms with Crippen LogP contribution in [-0.4, -0.2) is 34.7 Å². The molecule has 2 N–H and O–H groups in total. The summed E-state index contributed by atoms with van der Waals surface area (Å²) in [6.07, 6.45) is 1.32. The van der Waals surface area contributed by atoms with E-state index in [1.54, 1.807) is 38.6 Å². The Hall–Kier alpha value is -3.29. The van der Waals surface area contributed by atoms with E-state index >= 15 is 0 Å². The van der Waals surface area contributed by atoms with Crippen LogP contribution < -0.4 is 10.6 Å². The molecule has 0 aliphatic heterocycles. The van der Waals surface area contributed by atoms with Gasteiger partial charge < -0.3 is 19.4 Å². The van der Waals surface area contributed by atoms with E-state index in [1.807, 2.05) is 31.2 Å². The molecule has 0 saturated carbocycles. The molecule has 0 radical (unpaired) electrons. The Morgan fingerprint density at radius 1 is 1.07 bits per heavy atom. The topological polar surface area (TPSA) is 98.7 Å². The molecule has 162 valence electrons. The third kappa shape index (κ3) is 7.27. The lowest BCUT2D eigenvalue weighted by molar-refractivity contribution is -0.120. The second kappa shape index (κ2) is 9.96. The third-order valence-corrected chi connectivity index (χ3v) is 3.99. The number of aryl methyl sites for hydroxylation is 1. The van der Waals surface area contributed by atoms with Gasteiger partial charge in [-0.1, -0.05) is 24.3 Å². The number of rotatable bonds is 7. The van der Waals surface area contributed by atoms with Gasteiger partial charge in [0.25, 0.3) is 0 Å². The Morgan fingerprint density at radius 2 is 1.70 bits per heavy atom. The van der Waals surface area contributed by atoms with Crippen LogP contribution in [0.1, 0.15) is 49.3 Å². The van der Waals surface area contributed by atoms with Crippen molar-refractivity contribution in [3.05, 3.63) is 53.3 Å². The zero-order chi connectivity index (χ0) is 22.3. The molecule has 0 unspecified atom stereocenters. The Morgan fingerprint density at radius 3 is 2.30 bits per heavy atom. The number of nitrogens with one attached hydrogen (secondary N) is 2. The van der Waals surface area contributed by atoms with E-state index in [9.17, 15) is 14.4 Å². The van der Waals surface area contributed by atoms with E-state index in [2.05, 4.69) is 10.6 Å². The highest BCUT2D eigenvalue weighted by Crippen LogP contribution is 2.17. The zero-order valence-electron chi connectivity index (χ0n) is 18.1. The van der Waals surface area contributed by atoms with Crippen LogP contribution in [-0.2, 0) is 34.3 Å². The molecule has 0 atom stereocenters. The monoisotopic (exact) mass is 415 g/mol. The second-order valence-electron chi connectivity index (χ2n) is 7.87. The van der Waals surface area contributed by atoms with Crippen LogP contribution in [0.2, 0.25) is 0 Å². The second-order valence-corrected chi connectivity index (χ2v) is 7.87. The molecule has 8 heteroatoms. The molecule has 0 bridgehead atoms. The Labute approximate surface area is 176 Å². The Bertz CT molecular complexity index is 894. The lowest BCUT2D eigenvalue weighted by Crippen LogP contribution is -2.27. The number of carbonyl (C=O) groups excluding carboxylic acids is 3. The zero-order valence-corrected chi connectivity index (χ0v) is 18.1. The van der Waals surface area contributed by atoms with Gasteiger partial charge in [0.1, 0.15) is 17.9 Å². The smallest absolute Gasteiger partial charge is 0.412 e. The summed E-state index contributed by atoms with van der Waals surface area (Å²) in [6, 6.07) is 8.85. The lowest BCUT2D eigenvalue weighted by atomic mass is 10.1. The molecule has 2 rings (SSSR count). The lowest BCUT2D eigenvalue weighted by Gasteiger charge is -2.19. The van der Waals surface area contributed by atoms with E-state index in [0.29, 0.717) is 24.3 Å². The van der Waals surface area contributed by atoms with Crippen LogP contribution in [0, 0.1) is 0 Å². The molecule has 1 aromatic carbocycles. The van der Waals surface area contributed by atoms with Gasteiger partial charge in [-0.3, -0.25) is 10.1 Å². The van der Waals surface area contributed by atoms with Crippen LogP contribution in [0.5, 0.6) is 0 Å². The van der Waals surface area contributed by atoms with Gasteiger partial charge in [0.05, 0.1) is 12.1 Å². The number of likely N-dealkylation sites (N-methyl/N-ethyl adjacent to an activating group) is 1. The van der Waals surface area contributed by atoms with Crippen LogP contribution in [0.3, 0.4) is 0 Å². The first-order chi connectivity index (χ1) is 14.1. The molecule has 2 amide bonds. The van der Waals surface area contributed by atoms with Crippen molar-refractivity contribution in [1.29, 1.82) is 0 Å². The van der Waals surface area contributed by atoms with Gasteiger partial charge >= 0.3 is 12.1 Å². The van der Waals surface area contributed by atoms with Gasteiger partial charge in [0, 0.05) is 19.8 Å². The molecule has 1 heterocycles. The molecule has 0 aliphatic carbocycles. The number of anilines is 1. The highest BCUT2D eigenvalue weighted by Gasteiger charge is 2.19. The summed E-state index contributed by atoms with van der Waals surface area (Å²) < 4.78 is 12.1. The van der Waals surface area contributed by atoms with Crippen molar-refractivity contribution >= 4 is 23.7 Å². The highest BCUT2D eigenvalue weighted by atomic mass is 16.6. The number of esters is 1. The van der Waals surface area contributed by atoms with Crippen molar-refractivity contribution in [1.82, 2.24) is 9.88 Å². The Kier molecular flexibility index (Phi) is 7.63. The van der Waals surface area contributed by atoms with Crippen molar-refractivity contribution in [2.45, 2.75) is 46.3 Å². The van der Waals surface area contributed by atoms with E-state index < -0.39 is 17.7 Å². The fourth-order valence-electron chi connectivity index (χ4n) is 2.68. The normalized spacial score (nSPS) is 11.0. The SMILES string of the molecule is CCNC(=O)Cc1ccc(COC(=O)c2cc(NC(=O)OC(C)(C)C)cn2C)cc1. The maximum Gasteiger partial charge on any atom is 0.412 e. The van der Waals surface area contributed by atoms with Gasteiger partial charge in [-0.25, -0.2) is 9.59 Å². The molecule has 0 saturated heterocycles. The molecule has 1 aromatic heterocycles. The average Bonchev–Trinajstić information content (AvgIpc) is 2.99. The van der Waals surface area contributed by atoms with Crippen molar-refractivity contribution in [3.63, 3.8) is 0 Å². The minimum Gasteiger partial charge on any atom is -0.456 e. The maximum absolute atomic E-state index is 12.4. The first-order valence-electron chi connectivity index (χ1n) is 9.75. The summed E-state index contributed by atoms with van der Waals surface area (Å²) in [5.74, 6) is -0.544. The summed E-state index contributed by atoms with van der Waals surface area (Å²) in [5, 5.41) is 5.35. The first-order valence-corrected chi connectivity index (χ1v) is 9.75. The standard InChI is InChI=1S/C22H29N3O5/c1-6-23-19(26)11-15-7-9-16(10-8-15)14-29-20(27)18-12-17(13-25(18)5)24-21(28)30-22(2,3)4/h7-10,12-13H,6,11,14H2,1-5H3,(H,23,26)(H,24,28). The number of carbonyl (C=O) groups is 3. The minimum atomic E-state index is -0.615. The van der Waals surface area contributed by atoms with E-state index in [4.69, 9.17) is 9.47 Å². The number of ether oxygens (including phenoxy) is 2. The van der Waals surface area contributed by atoms with E-state index in [0.717, 1.165) is 11.1 Å². The Balaban J connectivity index is 1.91. The fourth-order valence-corrected chi connectivity index (χ4v) is 2.68. The van der Waals surface area contributed by atoms with Crippen LogP contribution >= 0.6 is 0 Å². The minimum absolute atomic E-state index is 0.0313. The summed E-state index contributed by atoms with van der Waals surface area (Å²) in [6.45, 7) is 7.88. The summed E-state index contributed by atoms with van der Waals surface area (Å²) in [5.41, 5.74) is 1.82. The predicted octanol–water partition coefficient (Wildman–Crippen LogP) is 3.41. The fraction of sp³-hybridized carbons (Fsp3) is 0.409.